The topological polar surface area (TPSA) is 51.8 Å². The van der Waals surface area contributed by atoms with Crippen LogP contribution >= 0.6 is 0 Å². The van der Waals surface area contributed by atoms with E-state index >= 15 is 0 Å². The van der Waals surface area contributed by atoms with Crippen molar-refractivity contribution >= 4 is 61.9 Å². The Morgan fingerprint density at radius 1 is 0.479 bits per heavy atom. The van der Waals surface area contributed by atoms with Gasteiger partial charge in [-0.2, -0.15) is 0 Å². The first-order valence-electron chi connectivity index (χ1n) is 16.4. The highest BCUT2D eigenvalue weighted by Gasteiger charge is 2.40. The number of benzene rings is 7. The third-order valence-electron chi connectivity index (χ3n) is 10.1. The molecule has 5 heteroatoms. The molecule has 0 N–H and O–H groups in total. The average Bonchev–Trinajstić information content (AvgIpc) is 3.63. The second-order valence-corrected chi connectivity index (χ2v) is 17.5. The minimum atomic E-state index is -2.06. The maximum absolute atomic E-state index is 6.79. The molecule has 0 saturated carbocycles. The molecule has 4 nitrogen and oxygen atoms in total. The number of fused-ring (bicyclic) bond motifs is 9. The molecule has 0 spiro atoms. The molecule has 226 valence electrons. The van der Waals surface area contributed by atoms with Gasteiger partial charge in [0.25, 0.3) is 0 Å². The van der Waals surface area contributed by atoms with Crippen LogP contribution in [0.25, 0.3) is 88.8 Å². The summed E-state index contributed by atoms with van der Waals surface area (Å²) in [6, 6.07) is 49.2. The molecule has 0 saturated heterocycles. The van der Waals surface area contributed by atoms with Crippen LogP contribution < -0.4 is 10.4 Å². The summed E-state index contributed by atoms with van der Waals surface area (Å²) in [7, 11) is -2.06. The molecule has 3 heterocycles. The first kappa shape index (κ1) is 27.2. The van der Waals surface area contributed by atoms with Crippen molar-refractivity contribution in [2.45, 2.75) is 13.1 Å². The highest BCUT2D eigenvalue weighted by molar-refractivity contribution is 7.04. The van der Waals surface area contributed by atoms with Gasteiger partial charge in [-0.3, -0.25) is 0 Å². The fourth-order valence-corrected chi connectivity index (χ4v) is 10.8. The zero-order valence-corrected chi connectivity index (χ0v) is 27.5. The molecule has 0 bridgehead atoms. The van der Waals surface area contributed by atoms with Crippen molar-refractivity contribution in [3.63, 3.8) is 0 Å². The van der Waals surface area contributed by atoms with E-state index in [0.717, 1.165) is 54.8 Å². The van der Waals surface area contributed by atoms with Gasteiger partial charge in [0.1, 0.15) is 19.2 Å². The van der Waals surface area contributed by atoms with Gasteiger partial charge in [0.2, 0.25) is 0 Å². The molecule has 0 radical (unpaired) electrons. The van der Waals surface area contributed by atoms with Gasteiger partial charge in [0, 0.05) is 33.0 Å². The normalized spacial score (nSPS) is 13.4. The summed E-state index contributed by atoms with van der Waals surface area (Å²) in [4.78, 5) is 15.8. The first-order valence-corrected chi connectivity index (χ1v) is 19.4. The summed E-state index contributed by atoms with van der Waals surface area (Å²) in [6.07, 6.45) is 0. The number of nitrogens with zero attached hydrogens (tertiary/aromatic N) is 3. The van der Waals surface area contributed by atoms with E-state index in [1.54, 1.807) is 0 Å². The monoisotopic (exact) mass is 631 g/mol. The zero-order chi connectivity index (χ0) is 32.0. The number of hydrogen-bond donors (Lipinski definition) is 0. The molecule has 0 fully saturated rings. The van der Waals surface area contributed by atoms with Crippen LogP contribution in [0, 0.1) is 0 Å². The van der Waals surface area contributed by atoms with Crippen LogP contribution in [-0.2, 0) is 0 Å². The van der Waals surface area contributed by atoms with E-state index in [0.29, 0.717) is 17.5 Å². The molecule has 9 aromatic rings. The fraction of sp³-hybridized carbons (Fsp3) is 0.0465. The van der Waals surface area contributed by atoms with E-state index in [4.69, 9.17) is 19.4 Å². The Bertz CT molecular complexity index is 2770. The molecule has 0 unspecified atom stereocenters. The number of aromatic nitrogens is 3. The van der Waals surface area contributed by atoms with E-state index in [1.807, 2.05) is 6.07 Å². The Labute approximate surface area is 278 Å². The Balaban J connectivity index is 1.32. The minimum absolute atomic E-state index is 0.648. The fourth-order valence-electron chi connectivity index (χ4n) is 7.72. The summed E-state index contributed by atoms with van der Waals surface area (Å²) < 4.78 is 6.79. The molecule has 48 heavy (non-hydrogen) atoms. The second kappa shape index (κ2) is 10.0. The summed E-state index contributed by atoms with van der Waals surface area (Å²) in [6.45, 7) is 4.87. The molecule has 0 atom stereocenters. The third kappa shape index (κ3) is 3.91. The van der Waals surface area contributed by atoms with Gasteiger partial charge in [-0.1, -0.05) is 134 Å². The standard InChI is InChI=1S/C43H29N3OSi/c1-48(2)36-21-10-8-18-33(36)39-37(48)25-34(38-32-17-7-9-20-35(32)47-40(38)39)43-45-41(29-23-22-26-12-3-4-14-28(26)24-29)44-42(46-43)31-19-11-15-27-13-5-6-16-30(27)31/h3-25H,1-2H3. The van der Waals surface area contributed by atoms with Gasteiger partial charge in [-0.05, 0) is 55.7 Å². The number of rotatable bonds is 3. The van der Waals surface area contributed by atoms with Crippen LogP contribution in [0.15, 0.2) is 144 Å². The van der Waals surface area contributed by atoms with E-state index in [9.17, 15) is 0 Å². The van der Waals surface area contributed by atoms with Crippen LogP contribution in [0.3, 0.4) is 0 Å². The van der Waals surface area contributed by atoms with Crippen molar-refractivity contribution in [3.05, 3.63) is 140 Å². The van der Waals surface area contributed by atoms with Crippen molar-refractivity contribution in [2.75, 3.05) is 0 Å². The molecule has 1 aliphatic rings. The lowest BCUT2D eigenvalue weighted by molar-refractivity contribution is 0.670. The Hall–Kier alpha value is -5.91. The SMILES string of the molecule is C[Si]1(C)c2ccccc2-c2c1cc(-c1nc(-c3ccc4ccccc4c3)nc(-c3cccc4ccccc34)n1)c1c2oc2ccccc21. The van der Waals surface area contributed by atoms with Crippen LogP contribution in [0.4, 0.5) is 0 Å². The summed E-state index contributed by atoms with van der Waals surface area (Å²) in [5, 5.41) is 9.48. The van der Waals surface area contributed by atoms with Crippen LogP contribution in [0.1, 0.15) is 0 Å². The molecule has 7 aromatic carbocycles. The molecule has 0 amide bonds. The lowest BCUT2D eigenvalue weighted by Crippen LogP contribution is -2.49. The van der Waals surface area contributed by atoms with E-state index in [2.05, 4.69) is 147 Å². The number of furan rings is 1. The van der Waals surface area contributed by atoms with Gasteiger partial charge in [0.15, 0.2) is 17.5 Å². The average molecular weight is 632 g/mol. The predicted octanol–water partition coefficient (Wildman–Crippen LogP) is 9.88. The maximum atomic E-state index is 6.79. The Morgan fingerprint density at radius 3 is 2.00 bits per heavy atom. The van der Waals surface area contributed by atoms with Crippen LogP contribution in [0.5, 0.6) is 0 Å². The Kier molecular flexibility index (Phi) is 5.70. The van der Waals surface area contributed by atoms with Gasteiger partial charge in [0.05, 0.1) is 0 Å². The van der Waals surface area contributed by atoms with Crippen molar-refractivity contribution in [2.24, 2.45) is 0 Å². The molecule has 2 aromatic heterocycles. The molecular weight excluding hydrogens is 603 g/mol. The highest BCUT2D eigenvalue weighted by atomic mass is 28.3. The van der Waals surface area contributed by atoms with Crippen LogP contribution in [-0.4, -0.2) is 23.0 Å². The summed E-state index contributed by atoms with van der Waals surface area (Å²) in [5.74, 6) is 1.95. The third-order valence-corrected chi connectivity index (χ3v) is 13.6. The van der Waals surface area contributed by atoms with Crippen molar-refractivity contribution < 1.29 is 4.42 Å². The van der Waals surface area contributed by atoms with Crippen molar-refractivity contribution in [1.29, 1.82) is 0 Å². The molecular formula is C43H29N3OSi. The molecule has 0 aliphatic carbocycles. The predicted molar refractivity (Wildman–Crippen MR) is 201 cm³/mol. The zero-order valence-electron chi connectivity index (χ0n) is 26.5. The smallest absolute Gasteiger partial charge is 0.164 e. The van der Waals surface area contributed by atoms with Crippen molar-refractivity contribution in [3.8, 4) is 45.3 Å². The van der Waals surface area contributed by atoms with Gasteiger partial charge in [-0.15, -0.1) is 0 Å². The maximum Gasteiger partial charge on any atom is 0.164 e. The summed E-state index contributed by atoms with van der Waals surface area (Å²) >= 11 is 0. The van der Waals surface area contributed by atoms with Crippen molar-refractivity contribution in [1.82, 2.24) is 15.0 Å². The lowest BCUT2D eigenvalue weighted by atomic mass is 9.98. The minimum Gasteiger partial charge on any atom is -0.455 e. The largest absolute Gasteiger partial charge is 0.455 e. The molecule has 1 aliphatic heterocycles. The van der Waals surface area contributed by atoms with E-state index in [1.165, 1.54) is 26.9 Å². The Morgan fingerprint density at radius 2 is 1.12 bits per heavy atom. The van der Waals surface area contributed by atoms with Gasteiger partial charge in [-0.25, -0.2) is 15.0 Å². The van der Waals surface area contributed by atoms with Crippen LogP contribution in [0.2, 0.25) is 13.1 Å². The first-order chi connectivity index (χ1) is 23.5. The van der Waals surface area contributed by atoms with Gasteiger partial charge >= 0.3 is 0 Å². The molecule has 10 rings (SSSR count). The number of para-hydroxylation sites is 1. The van der Waals surface area contributed by atoms with E-state index < -0.39 is 8.07 Å². The quantitative estimate of drug-likeness (QED) is 0.182. The lowest BCUT2D eigenvalue weighted by Gasteiger charge is -2.19. The van der Waals surface area contributed by atoms with E-state index in [-0.39, 0.29) is 0 Å². The summed E-state index contributed by atoms with van der Waals surface area (Å²) in [5.41, 5.74) is 7.19. The van der Waals surface area contributed by atoms with Gasteiger partial charge < -0.3 is 4.42 Å². The second-order valence-electron chi connectivity index (χ2n) is 13.2. The number of hydrogen-bond acceptors (Lipinski definition) is 4. The highest BCUT2D eigenvalue weighted by Crippen LogP contribution is 2.43.